The van der Waals surface area contributed by atoms with Crippen molar-refractivity contribution in [2.24, 2.45) is 0 Å². The molecule has 154 valence electrons. The predicted octanol–water partition coefficient (Wildman–Crippen LogP) is 4.62. The topological polar surface area (TPSA) is 130 Å². The molecule has 0 fully saturated rings. The van der Waals surface area contributed by atoms with E-state index in [-0.39, 0.29) is 28.5 Å². The number of allylic oxidation sites excluding steroid dienone is 1. The van der Waals surface area contributed by atoms with Crippen LogP contribution in [0.3, 0.4) is 0 Å². The first-order valence-electron chi connectivity index (χ1n) is 8.87. The second kappa shape index (κ2) is 9.23. The molecule has 0 saturated carbocycles. The van der Waals surface area contributed by atoms with E-state index in [9.17, 15) is 29.8 Å². The second-order valence-electron chi connectivity index (χ2n) is 6.27. The molecule has 0 amide bonds. The molecule has 31 heavy (non-hydrogen) atoms. The van der Waals surface area contributed by atoms with Gasteiger partial charge in [0.25, 0.3) is 11.4 Å². The molecule has 0 unspecified atom stereocenters. The number of benzene rings is 3. The molecule has 0 atom stereocenters. The van der Waals surface area contributed by atoms with Crippen molar-refractivity contribution >= 4 is 29.2 Å². The van der Waals surface area contributed by atoms with Crippen LogP contribution in [0.1, 0.15) is 26.3 Å². The molecule has 0 saturated heterocycles. The van der Waals surface area contributed by atoms with Crippen molar-refractivity contribution in [2.45, 2.75) is 0 Å². The van der Waals surface area contributed by atoms with Crippen molar-refractivity contribution in [3.63, 3.8) is 0 Å². The number of nitro benzene ring substituents is 2. The summed E-state index contributed by atoms with van der Waals surface area (Å²) in [4.78, 5) is 44.8. The second-order valence-corrected chi connectivity index (χ2v) is 6.27. The minimum atomic E-state index is -0.695. The number of hydrogen-bond donors (Lipinski definition) is 0. The van der Waals surface area contributed by atoms with E-state index in [2.05, 4.69) is 0 Å². The van der Waals surface area contributed by atoms with E-state index in [1.807, 2.05) is 0 Å². The summed E-state index contributed by atoms with van der Waals surface area (Å²) in [7, 11) is 0. The van der Waals surface area contributed by atoms with Crippen LogP contribution in [-0.4, -0.2) is 21.6 Å². The van der Waals surface area contributed by atoms with Gasteiger partial charge in [-0.15, -0.1) is 0 Å². The highest BCUT2D eigenvalue weighted by Gasteiger charge is 2.12. The van der Waals surface area contributed by atoms with E-state index in [4.69, 9.17) is 4.74 Å². The lowest BCUT2D eigenvalue weighted by molar-refractivity contribution is -0.385. The van der Waals surface area contributed by atoms with E-state index in [0.717, 1.165) is 0 Å². The Morgan fingerprint density at radius 1 is 0.774 bits per heavy atom. The van der Waals surface area contributed by atoms with Crippen LogP contribution < -0.4 is 4.74 Å². The molecule has 0 aliphatic rings. The number of ether oxygens (including phenoxy) is 1. The van der Waals surface area contributed by atoms with E-state index >= 15 is 0 Å². The van der Waals surface area contributed by atoms with E-state index < -0.39 is 15.8 Å². The van der Waals surface area contributed by atoms with Crippen LogP contribution in [0, 0.1) is 20.2 Å². The lowest BCUT2D eigenvalue weighted by Crippen LogP contribution is -2.08. The van der Waals surface area contributed by atoms with Crippen molar-refractivity contribution in [2.75, 3.05) is 0 Å². The molecule has 0 aromatic heterocycles. The Morgan fingerprint density at radius 2 is 1.39 bits per heavy atom. The highest BCUT2D eigenvalue weighted by molar-refractivity contribution is 6.06. The van der Waals surface area contributed by atoms with Gasteiger partial charge in [0.05, 0.1) is 15.4 Å². The Labute approximate surface area is 175 Å². The lowest BCUT2D eigenvalue weighted by Gasteiger charge is -2.05. The quantitative estimate of drug-likeness (QED) is 0.137. The number of nitrogens with zero attached hydrogens (tertiary/aromatic N) is 2. The summed E-state index contributed by atoms with van der Waals surface area (Å²) >= 11 is 0. The van der Waals surface area contributed by atoms with Gasteiger partial charge in [0.15, 0.2) is 5.78 Å². The maximum atomic E-state index is 12.3. The average Bonchev–Trinajstić information content (AvgIpc) is 2.78. The molecule has 3 aromatic carbocycles. The molecule has 0 aliphatic heterocycles. The van der Waals surface area contributed by atoms with Crippen molar-refractivity contribution < 1.29 is 24.2 Å². The standard InChI is InChI=1S/C22H14N2O7/c25-21(13-4-15-2-1-3-19(14-15)24(29)30)16-7-11-20(12-8-16)31-22(26)17-5-9-18(10-6-17)23(27)28/h1-14H/b13-4+. The zero-order chi connectivity index (χ0) is 22.4. The highest BCUT2D eigenvalue weighted by atomic mass is 16.6. The number of non-ortho nitro benzene ring substituents is 2. The largest absolute Gasteiger partial charge is 0.423 e. The Bertz CT molecular complexity index is 1180. The summed E-state index contributed by atoms with van der Waals surface area (Å²) in [6.07, 6.45) is 2.76. The molecule has 0 radical (unpaired) electrons. The highest BCUT2D eigenvalue weighted by Crippen LogP contribution is 2.18. The monoisotopic (exact) mass is 418 g/mol. The maximum Gasteiger partial charge on any atom is 0.343 e. The number of carbonyl (C=O) groups is 2. The first-order valence-corrected chi connectivity index (χ1v) is 8.87. The Morgan fingerprint density at radius 3 is 2.00 bits per heavy atom. The van der Waals surface area contributed by atoms with Crippen LogP contribution in [0.4, 0.5) is 11.4 Å². The fourth-order valence-electron chi connectivity index (χ4n) is 2.58. The zero-order valence-electron chi connectivity index (χ0n) is 15.8. The molecule has 9 nitrogen and oxygen atoms in total. The van der Waals surface area contributed by atoms with Crippen LogP contribution in [0.2, 0.25) is 0 Å². The lowest BCUT2D eigenvalue weighted by atomic mass is 10.1. The van der Waals surface area contributed by atoms with E-state index in [1.165, 1.54) is 78.9 Å². The Hall–Kier alpha value is -4.66. The van der Waals surface area contributed by atoms with Gasteiger partial charge >= 0.3 is 5.97 Å². The SMILES string of the molecule is O=C(/C=C/c1cccc([N+](=O)[O-])c1)c1ccc(OC(=O)c2ccc([N+](=O)[O-])cc2)cc1. The van der Waals surface area contributed by atoms with Gasteiger partial charge in [-0.1, -0.05) is 18.2 Å². The van der Waals surface area contributed by atoms with E-state index in [1.54, 1.807) is 6.07 Å². The Balaban J connectivity index is 1.64. The van der Waals surface area contributed by atoms with Crippen LogP contribution >= 0.6 is 0 Å². The number of nitro groups is 2. The van der Waals surface area contributed by atoms with Crippen LogP contribution in [0.25, 0.3) is 6.08 Å². The molecule has 0 spiro atoms. The van der Waals surface area contributed by atoms with Crippen molar-refractivity contribution in [3.05, 3.63) is 116 Å². The van der Waals surface area contributed by atoms with Crippen molar-refractivity contribution in [1.82, 2.24) is 0 Å². The molecule has 0 aliphatic carbocycles. The van der Waals surface area contributed by atoms with Gasteiger partial charge in [0, 0.05) is 29.8 Å². The van der Waals surface area contributed by atoms with Gasteiger partial charge in [0.2, 0.25) is 0 Å². The summed E-state index contributed by atoms with van der Waals surface area (Å²) in [5.74, 6) is -0.832. The number of carbonyl (C=O) groups excluding carboxylic acids is 2. The minimum absolute atomic E-state index is 0.0752. The fourth-order valence-corrected chi connectivity index (χ4v) is 2.58. The van der Waals surface area contributed by atoms with Gasteiger partial charge in [-0.05, 0) is 48.0 Å². The molecular weight excluding hydrogens is 404 g/mol. The molecule has 0 heterocycles. The summed E-state index contributed by atoms with van der Waals surface area (Å²) in [6, 6.07) is 16.7. The summed E-state index contributed by atoms with van der Waals surface area (Å²) in [5.41, 5.74) is 0.769. The van der Waals surface area contributed by atoms with Crippen molar-refractivity contribution in [3.8, 4) is 5.75 Å². The van der Waals surface area contributed by atoms with Crippen LogP contribution in [0.5, 0.6) is 5.75 Å². The smallest absolute Gasteiger partial charge is 0.343 e. The minimum Gasteiger partial charge on any atom is -0.423 e. The summed E-state index contributed by atoms with van der Waals surface area (Å²) in [6.45, 7) is 0. The molecule has 0 N–H and O–H groups in total. The molecule has 9 heteroatoms. The number of hydrogen-bond acceptors (Lipinski definition) is 7. The van der Waals surface area contributed by atoms with E-state index in [0.29, 0.717) is 11.1 Å². The Kier molecular flexibility index (Phi) is 6.27. The predicted molar refractivity (Wildman–Crippen MR) is 111 cm³/mol. The summed E-state index contributed by atoms with van der Waals surface area (Å²) < 4.78 is 5.20. The maximum absolute atomic E-state index is 12.3. The zero-order valence-corrected chi connectivity index (χ0v) is 15.8. The van der Waals surface area contributed by atoms with Crippen molar-refractivity contribution in [1.29, 1.82) is 0 Å². The third kappa shape index (κ3) is 5.45. The first-order chi connectivity index (χ1) is 14.8. The molecular formula is C22H14N2O7. The average molecular weight is 418 g/mol. The van der Waals surface area contributed by atoms with Gasteiger partial charge in [-0.25, -0.2) is 4.79 Å². The molecule has 3 aromatic rings. The molecule has 0 bridgehead atoms. The van der Waals surface area contributed by atoms with Gasteiger partial charge in [-0.3, -0.25) is 25.0 Å². The normalized spacial score (nSPS) is 10.6. The first kappa shape index (κ1) is 21.1. The summed E-state index contributed by atoms with van der Waals surface area (Å²) in [5, 5.41) is 21.5. The third-order valence-electron chi connectivity index (χ3n) is 4.17. The number of rotatable bonds is 7. The van der Waals surface area contributed by atoms with Crippen LogP contribution in [0.15, 0.2) is 78.9 Å². The van der Waals surface area contributed by atoms with Gasteiger partial charge in [-0.2, -0.15) is 0 Å². The molecule has 3 rings (SSSR count). The van der Waals surface area contributed by atoms with Crippen LogP contribution in [-0.2, 0) is 0 Å². The number of esters is 1. The third-order valence-corrected chi connectivity index (χ3v) is 4.17. The number of ketones is 1. The van der Waals surface area contributed by atoms with Gasteiger partial charge < -0.3 is 4.74 Å². The fraction of sp³-hybridized carbons (Fsp3) is 0. The van der Waals surface area contributed by atoms with Gasteiger partial charge in [0.1, 0.15) is 5.75 Å².